The average molecular weight is 318 g/mol. The molecule has 0 heterocycles. The zero-order valence-corrected chi connectivity index (χ0v) is 12.6. The second kappa shape index (κ2) is 6.88. The van der Waals surface area contributed by atoms with Crippen LogP contribution in [-0.2, 0) is 10.0 Å². The fourth-order valence-electron chi connectivity index (χ4n) is 1.59. The van der Waals surface area contributed by atoms with Gasteiger partial charge in [-0.15, -0.1) is 6.58 Å². The highest BCUT2D eigenvalue weighted by Gasteiger charge is 2.22. The van der Waals surface area contributed by atoms with E-state index in [9.17, 15) is 13.2 Å². The lowest BCUT2D eigenvalue weighted by atomic mass is 10.2. The highest BCUT2D eigenvalue weighted by Crippen LogP contribution is 2.23. The van der Waals surface area contributed by atoms with Crippen LogP contribution < -0.4 is 0 Å². The lowest BCUT2D eigenvalue weighted by molar-refractivity contribution is 0.0697. The highest BCUT2D eigenvalue weighted by molar-refractivity contribution is 7.89. The molecular formula is C13H16ClNO4S. The molecule has 0 aliphatic heterocycles. The van der Waals surface area contributed by atoms with Crippen LogP contribution in [0.4, 0.5) is 0 Å². The predicted molar refractivity (Wildman–Crippen MR) is 77.7 cm³/mol. The lowest BCUT2D eigenvalue weighted by Crippen LogP contribution is -2.28. The zero-order valence-electron chi connectivity index (χ0n) is 11.0. The van der Waals surface area contributed by atoms with Crippen molar-refractivity contribution >= 4 is 27.6 Å². The number of rotatable bonds is 7. The molecular weight excluding hydrogens is 302 g/mol. The smallest absolute Gasteiger partial charge is 0.337 e. The van der Waals surface area contributed by atoms with Crippen molar-refractivity contribution in [2.24, 2.45) is 0 Å². The fraction of sp³-hybridized carbons (Fsp3) is 0.308. The molecule has 1 aromatic carbocycles. The van der Waals surface area contributed by atoms with Gasteiger partial charge in [-0.2, -0.15) is 0 Å². The summed E-state index contributed by atoms with van der Waals surface area (Å²) in [7, 11) is -2.19. The first-order valence-corrected chi connectivity index (χ1v) is 7.72. The largest absolute Gasteiger partial charge is 0.478 e. The molecule has 0 radical (unpaired) electrons. The van der Waals surface area contributed by atoms with E-state index in [1.54, 1.807) is 6.08 Å². The third-order valence-electron chi connectivity index (χ3n) is 2.76. The van der Waals surface area contributed by atoms with Crippen LogP contribution in [0.15, 0.2) is 35.7 Å². The maximum atomic E-state index is 12.3. The van der Waals surface area contributed by atoms with E-state index in [0.717, 1.165) is 12.5 Å². The summed E-state index contributed by atoms with van der Waals surface area (Å²) in [6, 6.07) is 3.59. The lowest BCUT2D eigenvalue weighted by Gasteiger charge is -2.17. The van der Waals surface area contributed by atoms with Crippen LogP contribution in [0.2, 0.25) is 5.02 Å². The van der Waals surface area contributed by atoms with E-state index in [4.69, 9.17) is 16.7 Å². The molecule has 0 spiro atoms. The van der Waals surface area contributed by atoms with E-state index >= 15 is 0 Å². The summed E-state index contributed by atoms with van der Waals surface area (Å²) >= 11 is 5.78. The number of aromatic carboxylic acids is 1. The molecule has 1 N–H and O–H groups in total. The number of benzene rings is 1. The van der Waals surface area contributed by atoms with E-state index in [1.165, 1.54) is 23.5 Å². The van der Waals surface area contributed by atoms with E-state index < -0.39 is 16.0 Å². The molecule has 1 aromatic rings. The van der Waals surface area contributed by atoms with Crippen LogP contribution in [-0.4, -0.2) is 37.4 Å². The van der Waals surface area contributed by atoms with Gasteiger partial charge >= 0.3 is 5.97 Å². The molecule has 0 saturated heterocycles. The van der Waals surface area contributed by atoms with Gasteiger partial charge in [0.15, 0.2) is 0 Å². The topological polar surface area (TPSA) is 74.7 Å². The van der Waals surface area contributed by atoms with Crippen LogP contribution >= 0.6 is 11.6 Å². The van der Waals surface area contributed by atoms with Crippen molar-refractivity contribution in [1.29, 1.82) is 0 Å². The minimum absolute atomic E-state index is 0.0198. The summed E-state index contributed by atoms with van der Waals surface area (Å²) in [6.45, 7) is 3.93. The predicted octanol–water partition coefficient (Wildman–Crippen LogP) is 2.62. The molecule has 5 nitrogen and oxygen atoms in total. The summed E-state index contributed by atoms with van der Waals surface area (Å²) < 4.78 is 25.7. The monoisotopic (exact) mass is 317 g/mol. The number of hydrogen-bond acceptors (Lipinski definition) is 3. The van der Waals surface area contributed by atoms with Gasteiger partial charge in [-0.1, -0.05) is 17.7 Å². The van der Waals surface area contributed by atoms with Crippen molar-refractivity contribution < 1.29 is 18.3 Å². The number of unbranched alkanes of at least 4 members (excludes halogenated alkanes) is 1. The van der Waals surface area contributed by atoms with Crippen molar-refractivity contribution in [1.82, 2.24) is 4.31 Å². The first kappa shape index (κ1) is 16.7. The molecule has 0 unspecified atom stereocenters. The molecule has 0 fully saturated rings. The highest BCUT2D eigenvalue weighted by atomic mass is 35.5. The van der Waals surface area contributed by atoms with Crippen LogP contribution in [0, 0.1) is 0 Å². The van der Waals surface area contributed by atoms with Gasteiger partial charge in [0.25, 0.3) is 0 Å². The maximum Gasteiger partial charge on any atom is 0.337 e. The number of halogens is 1. The number of allylic oxidation sites excluding steroid dienone is 1. The van der Waals surface area contributed by atoms with Crippen LogP contribution in [0.1, 0.15) is 23.2 Å². The standard InChI is InChI=1S/C13H16ClNO4S/c1-3-4-5-8-15(2)20(18,19)10-6-7-11(13(16)17)12(14)9-10/h3,6-7,9H,1,4-5,8H2,2H3,(H,16,17). The number of carbonyl (C=O) groups is 1. The Morgan fingerprint density at radius 2 is 2.15 bits per heavy atom. The second-order valence-electron chi connectivity index (χ2n) is 4.20. The molecule has 0 atom stereocenters. The molecule has 7 heteroatoms. The second-order valence-corrected chi connectivity index (χ2v) is 6.66. The van der Waals surface area contributed by atoms with E-state index in [1.807, 2.05) is 0 Å². The van der Waals surface area contributed by atoms with Crippen LogP contribution in [0.3, 0.4) is 0 Å². The van der Waals surface area contributed by atoms with Gasteiger partial charge in [-0.25, -0.2) is 17.5 Å². The molecule has 20 heavy (non-hydrogen) atoms. The minimum Gasteiger partial charge on any atom is -0.478 e. The Bertz CT molecular complexity index is 613. The number of carboxylic acids is 1. The van der Waals surface area contributed by atoms with Gasteiger partial charge in [-0.3, -0.25) is 0 Å². The van der Waals surface area contributed by atoms with Crippen molar-refractivity contribution in [3.8, 4) is 0 Å². The Balaban J connectivity index is 3.01. The van der Waals surface area contributed by atoms with Gasteiger partial charge < -0.3 is 5.11 Å². The summed E-state index contributed by atoms with van der Waals surface area (Å²) in [5.74, 6) is -1.20. The molecule has 0 bridgehead atoms. The fourth-order valence-corrected chi connectivity index (χ4v) is 3.15. The summed E-state index contributed by atoms with van der Waals surface area (Å²) in [4.78, 5) is 10.8. The van der Waals surface area contributed by atoms with E-state index in [-0.39, 0.29) is 15.5 Å². The Morgan fingerprint density at radius 3 is 2.65 bits per heavy atom. The maximum absolute atomic E-state index is 12.3. The Hall–Kier alpha value is -1.37. The van der Waals surface area contributed by atoms with Crippen molar-refractivity contribution in [3.63, 3.8) is 0 Å². The zero-order chi connectivity index (χ0) is 15.3. The van der Waals surface area contributed by atoms with Crippen molar-refractivity contribution in [3.05, 3.63) is 41.4 Å². The number of carboxylic acid groups (broad SMARTS) is 1. The number of nitrogens with zero attached hydrogens (tertiary/aromatic N) is 1. The van der Waals surface area contributed by atoms with Crippen molar-refractivity contribution in [2.45, 2.75) is 17.7 Å². The molecule has 0 amide bonds. The van der Waals surface area contributed by atoms with Crippen LogP contribution in [0.5, 0.6) is 0 Å². The first-order chi connectivity index (χ1) is 9.30. The number of hydrogen-bond donors (Lipinski definition) is 1. The van der Waals surface area contributed by atoms with Gasteiger partial charge in [0.1, 0.15) is 0 Å². The van der Waals surface area contributed by atoms with Gasteiger partial charge in [0.05, 0.1) is 15.5 Å². The number of sulfonamides is 1. The molecule has 110 valence electrons. The Labute approximate surface area is 123 Å². The normalized spacial score (nSPS) is 11.6. The minimum atomic E-state index is -3.66. The molecule has 1 rings (SSSR count). The van der Waals surface area contributed by atoms with Gasteiger partial charge in [-0.05, 0) is 31.0 Å². The van der Waals surface area contributed by atoms with Crippen LogP contribution in [0.25, 0.3) is 0 Å². The van der Waals surface area contributed by atoms with E-state index in [2.05, 4.69) is 6.58 Å². The Kier molecular flexibility index (Phi) is 5.74. The third-order valence-corrected chi connectivity index (χ3v) is 4.93. The Morgan fingerprint density at radius 1 is 1.50 bits per heavy atom. The molecule has 0 aliphatic rings. The SMILES string of the molecule is C=CCCCN(C)S(=O)(=O)c1ccc(C(=O)O)c(Cl)c1. The molecule has 0 aromatic heterocycles. The summed E-state index contributed by atoms with van der Waals surface area (Å²) in [5.41, 5.74) is -0.125. The van der Waals surface area contributed by atoms with Gasteiger partial charge in [0, 0.05) is 13.6 Å². The molecule has 0 aliphatic carbocycles. The third kappa shape index (κ3) is 3.82. The summed E-state index contributed by atoms with van der Waals surface area (Å²) in [5, 5.41) is 8.76. The van der Waals surface area contributed by atoms with E-state index in [0.29, 0.717) is 13.0 Å². The average Bonchev–Trinajstić information content (AvgIpc) is 2.38. The van der Waals surface area contributed by atoms with Crippen molar-refractivity contribution in [2.75, 3.05) is 13.6 Å². The van der Waals surface area contributed by atoms with Gasteiger partial charge in [0.2, 0.25) is 10.0 Å². The summed E-state index contributed by atoms with van der Waals surface area (Å²) in [6.07, 6.45) is 3.11. The molecule has 0 saturated carbocycles. The first-order valence-electron chi connectivity index (χ1n) is 5.90. The quantitative estimate of drug-likeness (QED) is 0.619.